The highest BCUT2D eigenvalue weighted by Crippen LogP contribution is 2.27. The second kappa shape index (κ2) is 9.18. The number of amides is 1. The molecule has 32 heavy (non-hydrogen) atoms. The Bertz CT molecular complexity index is 1110. The molecule has 5 rings (SSSR count). The van der Waals surface area contributed by atoms with Gasteiger partial charge < -0.3 is 20.1 Å². The molecule has 0 radical (unpaired) electrons. The number of fused-ring (bicyclic) bond motifs is 2. The van der Waals surface area contributed by atoms with Gasteiger partial charge in [-0.15, -0.1) is 0 Å². The summed E-state index contributed by atoms with van der Waals surface area (Å²) in [5, 5.41) is 15.9. The number of nitrogens with zero attached hydrogens (tertiary/aromatic N) is 2. The number of carbonyl (C=O) groups excluding carboxylic acids is 1. The molecular weight excluding hydrogens is 402 g/mol. The fourth-order valence-electron chi connectivity index (χ4n) is 4.55. The molecule has 1 fully saturated rings. The van der Waals surface area contributed by atoms with Gasteiger partial charge in [-0.1, -0.05) is 30.3 Å². The Labute approximate surface area is 188 Å². The largest absolute Gasteiger partial charge is 0.491 e. The number of hydrogen-bond acceptors (Lipinski definition) is 5. The van der Waals surface area contributed by atoms with Crippen molar-refractivity contribution in [2.75, 3.05) is 49.5 Å². The quantitative estimate of drug-likeness (QED) is 0.627. The van der Waals surface area contributed by atoms with Crippen molar-refractivity contribution in [3.05, 3.63) is 66.2 Å². The van der Waals surface area contributed by atoms with Crippen molar-refractivity contribution in [2.45, 2.75) is 18.9 Å². The standard InChI is InChI=1S/C26H29N3O3/c30-23(18-32-24-8-9-25-21(16-24)6-10-26(31)27-25)17-28-11-13-29(14-12-28)22-7-5-19-3-1-2-4-20(19)15-22/h1-5,7-9,15-16,23,30H,6,10-14,17-18H2,(H,27,31)/t23-/m0/s1. The second-order valence-electron chi connectivity index (χ2n) is 8.65. The van der Waals surface area contributed by atoms with Crippen LogP contribution in [0, 0.1) is 0 Å². The van der Waals surface area contributed by atoms with Gasteiger partial charge in [0.25, 0.3) is 0 Å². The molecule has 6 nitrogen and oxygen atoms in total. The molecule has 2 aliphatic rings. The summed E-state index contributed by atoms with van der Waals surface area (Å²) in [5.74, 6) is 0.794. The molecular formula is C26H29N3O3. The molecule has 3 aromatic rings. The van der Waals surface area contributed by atoms with Crippen LogP contribution in [0.1, 0.15) is 12.0 Å². The summed E-state index contributed by atoms with van der Waals surface area (Å²) in [5.41, 5.74) is 3.20. The van der Waals surface area contributed by atoms with Crippen LogP contribution in [-0.4, -0.2) is 61.3 Å². The third-order valence-electron chi connectivity index (χ3n) is 6.35. The average molecular weight is 432 g/mol. The van der Waals surface area contributed by atoms with Gasteiger partial charge in [0.05, 0.1) is 0 Å². The molecule has 1 atom stereocenters. The minimum absolute atomic E-state index is 0.0577. The van der Waals surface area contributed by atoms with E-state index in [2.05, 4.69) is 57.6 Å². The molecule has 2 aliphatic heterocycles. The third-order valence-corrected chi connectivity index (χ3v) is 6.35. The van der Waals surface area contributed by atoms with E-state index in [0.29, 0.717) is 13.0 Å². The van der Waals surface area contributed by atoms with Crippen LogP contribution in [0.15, 0.2) is 60.7 Å². The van der Waals surface area contributed by atoms with Gasteiger partial charge in [-0.05, 0) is 53.1 Å². The number of piperazine rings is 1. The minimum Gasteiger partial charge on any atom is -0.491 e. The Morgan fingerprint density at radius 2 is 1.75 bits per heavy atom. The topological polar surface area (TPSA) is 65.0 Å². The first-order valence-electron chi connectivity index (χ1n) is 11.3. The first-order chi connectivity index (χ1) is 15.6. The zero-order valence-corrected chi connectivity index (χ0v) is 18.2. The normalized spacial score (nSPS) is 17.7. The number of β-amino-alcohol motifs (C(OH)–C–C–N with tert-alkyl or cyclic N) is 1. The van der Waals surface area contributed by atoms with Gasteiger partial charge in [0.15, 0.2) is 0 Å². The van der Waals surface area contributed by atoms with Crippen LogP contribution in [0.4, 0.5) is 11.4 Å². The molecule has 0 unspecified atom stereocenters. The number of aliphatic hydroxyl groups is 1. The predicted molar refractivity (Wildman–Crippen MR) is 127 cm³/mol. The summed E-state index contributed by atoms with van der Waals surface area (Å²) in [6.07, 6.45) is 0.685. The molecule has 166 valence electrons. The lowest BCUT2D eigenvalue weighted by atomic mass is 10.0. The number of aryl methyl sites for hydroxylation is 1. The van der Waals surface area contributed by atoms with Crippen molar-refractivity contribution in [3.63, 3.8) is 0 Å². The van der Waals surface area contributed by atoms with Crippen LogP contribution in [0.3, 0.4) is 0 Å². The lowest BCUT2D eigenvalue weighted by molar-refractivity contribution is -0.116. The first-order valence-corrected chi connectivity index (χ1v) is 11.3. The highest BCUT2D eigenvalue weighted by Gasteiger charge is 2.20. The lowest BCUT2D eigenvalue weighted by Crippen LogP contribution is -2.49. The predicted octanol–water partition coefficient (Wildman–Crippen LogP) is 3.29. The summed E-state index contributed by atoms with van der Waals surface area (Å²) in [7, 11) is 0. The highest BCUT2D eigenvalue weighted by molar-refractivity contribution is 5.94. The van der Waals surface area contributed by atoms with Crippen LogP contribution >= 0.6 is 0 Å². The molecule has 2 N–H and O–H groups in total. The van der Waals surface area contributed by atoms with Crippen LogP contribution in [0.25, 0.3) is 10.8 Å². The van der Waals surface area contributed by atoms with Crippen LogP contribution in [0.5, 0.6) is 5.75 Å². The van der Waals surface area contributed by atoms with Gasteiger partial charge in [-0.2, -0.15) is 0 Å². The lowest BCUT2D eigenvalue weighted by Gasteiger charge is -2.37. The maximum absolute atomic E-state index is 11.5. The molecule has 1 amide bonds. The van der Waals surface area contributed by atoms with Crippen molar-refractivity contribution < 1.29 is 14.6 Å². The summed E-state index contributed by atoms with van der Waals surface area (Å²) in [6, 6.07) is 20.8. The van der Waals surface area contributed by atoms with Crippen LogP contribution in [-0.2, 0) is 11.2 Å². The highest BCUT2D eigenvalue weighted by atomic mass is 16.5. The summed E-state index contributed by atoms with van der Waals surface area (Å²) >= 11 is 0. The number of nitrogens with one attached hydrogen (secondary N) is 1. The van der Waals surface area contributed by atoms with Gasteiger partial charge in [-0.25, -0.2) is 0 Å². The van der Waals surface area contributed by atoms with E-state index in [-0.39, 0.29) is 12.5 Å². The number of hydrogen-bond donors (Lipinski definition) is 2. The molecule has 0 saturated carbocycles. The van der Waals surface area contributed by atoms with E-state index in [1.807, 2.05) is 18.2 Å². The summed E-state index contributed by atoms with van der Waals surface area (Å²) in [4.78, 5) is 16.2. The molecule has 3 aromatic carbocycles. The van der Waals surface area contributed by atoms with E-state index in [0.717, 1.165) is 49.6 Å². The molecule has 6 heteroatoms. The Hall–Kier alpha value is -3.09. The van der Waals surface area contributed by atoms with Crippen molar-refractivity contribution in [1.29, 1.82) is 0 Å². The molecule has 0 spiro atoms. The van der Waals surface area contributed by atoms with E-state index < -0.39 is 6.10 Å². The molecule has 1 saturated heterocycles. The Morgan fingerprint density at radius 3 is 2.59 bits per heavy atom. The zero-order valence-electron chi connectivity index (χ0n) is 18.2. The molecule has 0 bridgehead atoms. The van der Waals surface area contributed by atoms with E-state index in [9.17, 15) is 9.90 Å². The fraction of sp³-hybridized carbons (Fsp3) is 0.346. The number of carbonyl (C=O) groups is 1. The van der Waals surface area contributed by atoms with Gasteiger partial charge in [-0.3, -0.25) is 9.69 Å². The van der Waals surface area contributed by atoms with Crippen molar-refractivity contribution in [1.82, 2.24) is 4.90 Å². The number of benzene rings is 3. The van der Waals surface area contributed by atoms with Crippen molar-refractivity contribution in [3.8, 4) is 5.75 Å². The maximum atomic E-state index is 11.5. The van der Waals surface area contributed by atoms with E-state index in [4.69, 9.17) is 4.74 Å². The Kier molecular flexibility index (Phi) is 5.97. The molecule has 2 heterocycles. The number of aliphatic hydroxyl groups excluding tert-OH is 1. The van der Waals surface area contributed by atoms with Gasteiger partial charge in [0.2, 0.25) is 5.91 Å². The van der Waals surface area contributed by atoms with E-state index in [1.165, 1.54) is 16.5 Å². The number of anilines is 2. The summed E-state index contributed by atoms with van der Waals surface area (Å²) < 4.78 is 5.83. The monoisotopic (exact) mass is 431 g/mol. The maximum Gasteiger partial charge on any atom is 0.224 e. The van der Waals surface area contributed by atoms with Gasteiger partial charge in [0, 0.05) is 50.5 Å². The second-order valence-corrected chi connectivity index (χ2v) is 8.65. The van der Waals surface area contributed by atoms with E-state index >= 15 is 0 Å². The van der Waals surface area contributed by atoms with Crippen LogP contribution in [0.2, 0.25) is 0 Å². The average Bonchev–Trinajstić information content (AvgIpc) is 2.83. The number of rotatable bonds is 6. The SMILES string of the molecule is O=C1CCc2cc(OC[C@@H](O)CN3CCN(c4ccc5ccccc5c4)CC3)ccc2N1. The first kappa shape index (κ1) is 20.8. The van der Waals surface area contributed by atoms with Crippen LogP contribution < -0.4 is 15.0 Å². The smallest absolute Gasteiger partial charge is 0.224 e. The minimum atomic E-state index is -0.544. The third kappa shape index (κ3) is 4.71. The van der Waals surface area contributed by atoms with Gasteiger partial charge in [0.1, 0.15) is 18.5 Å². The van der Waals surface area contributed by atoms with Gasteiger partial charge >= 0.3 is 0 Å². The number of ether oxygens (including phenoxy) is 1. The zero-order chi connectivity index (χ0) is 21.9. The van der Waals surface area contributed by atoms with Crippen molar-refractivity contribution in [2.24, 2.45) is 0 Å². The molecule has 0 aromatic heterocycles. The fourth-order valence-corrected chi connectivity index (χ4v) is 4.55. The van der Waals surface area contributed by atoms with Crippen molar-refractivity contribution >= 4 is 28.1 Å². The van der Waals surface area contributed by atoms with E-state index in [1.54, 1.807) is 0 Å². The Morgan fingerprint density at radius 1 is 0.938 bits per heavy atom. The molecule has 0 aliphatic carbocycles. The summed E-state index contributed by atoms with van der Waals surface area (Å²) in [6.45, 7) is 4.60. The Balaban J connectivity index is 1.10.